The SMILES string of the molecule is CN[C@H](C)c1c[nH]c(=O)c(Cl)c1. The van der Waals surface area contributed by atoms with E-state index in [4.69, 9.17) is 11.6 Å². The lowest BCUT2D eigenvalue weighted by atomic mass is 10.1. The van der Waals surface area contributed by atoms with Crippen LogP contribution in [0.3, 0.4) is 0 Å². The highest BCUT2D eigenvalue weighted by Crippen LogP contribution is 2.11. The van der Waals surface area contributed by atoms with Gasteiger partial charge in [0.25, 0.3) is 5.56 Å². The summed E-state index contributed by atoms with van der Waals surface area (Å²) < 4.78 is 0. The normalized spacial score (nSPS) is 12.9. The third-order valence-electron chi connectivity index (χ3n) is 1.81. The van der Waals surface area contributed by atoms with E-state index >= 15 is 0 Å². The summed E-state index contributed by atoms with van der Waals surface area (Å²) in [6.07, 6.45) is 1.66. The first-order valence-corrected chi connectivity index (χ1v) is 4.08. The molecule has 0 spiro atoms. The van der Waals surface area contributed by atoms with Crippen LogP contribution in [-0.4, -0.2) is 12.0 Å². The van der Waals surface area contributed by atoms with Gasteiger partial charge in [-0.25, -0.2) is 0 Å². The summed E-state index contributed by atoms with van der Waals surface area (Å²) in [4.78, 5) is 13.4. The second-order valence-electron chi connectivity index (χ2n) is 2.62. The van der Waals surface area contributed by atoms with Crippen molar-refractivity contribution < 1.29 is 0 Å². The van der Waals surface area contributed by atoms with E-state index in [0.717, 1.165) is 5.56 Å². The molecule has 0 aliphatic heterocycles. The fourth-order valence-corrected chi connectivity index (χ4v) is 1.07. The predicted octanol–water partition coefficient (Wildman–Crippen LogP) is 1.31. The molecule has 0 amide bonds. The van der Waals surface area contributed by atoms with Crippen molar-refractivity contribution in [2.24, 2.45) is 0 Å². The van der Waals surface area contributed by atoms with E-state index < -0.39 is 0 Å². The molecule has 1 aromatic rings. The zero-order chi connectivity index (χ0) is 9.14. The molecule has 1 rings (SSSR count). The Labute approximate surface area is 75.8 Å². The summed E-state index contributed by atoms with van der Waals surface area (Å²) in [6.45, 7) is 1.99. The quantitative estimate of drug-likeness (QED) is 0.732. The molecule has 4 heteroatoms. The predicted molar refractivity (Wildman–Crippen MR) is 49.5 cm³/mol. The van der Waals surface area contributed by atoms with Crippen molar-refractivity contribution in [2.45, 2.75) is 13.0 Å². The molecule has 1 atom stereocenters. The number of pyridine rings is 1. The molecule has 0 aliphatic carbocycles. The van der Waals surface area contributed by atoms with Gasteiger partial charge in [-0.05, 0) is 25.6 Å². The van der Waals surface area contributed by atoms with Crippen LogP contribution in [-0.2, 0) is 0 Å². The zero-order valence-electron chi connectivity index (χ0n) is 7.02. The largest absolute Gasteiger partial charge is 0.327 e. The number of halogens is 1. The summed E-state index contributed by atoms with van der Waals surface area (Å²) in [5, 5.41) is 3.28. The number of hydrogen-bond acceptors (Lipinski definition) is 2. The molecule has 0 aliphatic rings. The molecule has 1 aromatic heterocycles. The molecule has 12 heavy (non-hydrogen) atoms. The van der Waals surface area contributed by atoms with Crippen LogP contribution in [0.2, 0.25) is 5.02 Å². The fraction of sp³-hybridized carbons (Fsp3) is 0.375. The van der Waals surface area contributed by atoms with Gasteiger partial charge in [0.1, 0.15) is 5.02 Å². The number of H-pyrrole nitrogens is 1. The van der Waals surface area contributed by atoms with E-state index in [-0.39, 0.29) is 16.6 Å². The van der Waals surface area contributed by atoms with Crippen LogP contribution in [0.1, 0.15) is 18.5 Å². The van der Waals surface area contributed by atoms with Crippen LogP contribution in [0.25, 0.3) is 0 Å². The minimum absolute atomic E-state index is 0.194. The molecule has 0 unspecified atom stereocenters. The number of nitrogens with one attached hydrogen (secondary N) is 2. The van der Waals surface area contributed by atoms with E-state index in [1.54, 1.807) is 12.3 Å². The van der Waals surface area contributed by atoms with Crippen molar-refractivity contribution in [2.75, 3.05) is 7.05 Å². The van der Waals surface area contributed by atoms with Gasteiger partial charge in [0.15, 0.2) is 0 Å². The van der Waals surface area contributed by atoms with E-state index in [1.165, 1.54) is 0 Å². The maximum absolute atomic E-state index is 10.9. The molecule has 0 radical (unpaired) electrons. The fourth-order valence-electron chi connectivity index (χ4n) is 0.888. The molecule has 0 saturated carbocycles. The molecule has 0 saturated heterocycles. The van der Waals surface area contributed by atoms with Gasteiger partial charge in [-0.15, -0.1) is 0 Å². The highest BCUT2D eigenvalue weighted by Gasteiger charge is 2.04. The van der Waals surface area contributed by atoms with Gasteiger partial charge in [-0.2, -0.15) is 0 Å². The van der Waals surface area contributed by atoms with Crippen molar-refractivity contribution in [3.8, 4) is 0 Å². The van der Waals surface area contributed by atoms with Gasteiger partial charge >= 0.3 is 0 Å². The molecule has 3 nitrogen and oxygen atoms in total. The number of aromatic amines is 1. The second-order valence-corrected chi connectivity index (χ2v) is 3.03. The number of rotatable bonds is 2. The van der Waals surface area contributed by atoms with Gasteiger partial charge in [0.2, 0.25) is 0 Å². The summed E-state index contributed by atoms with van der Waals surface area (Å²) in [7, 11) is 1.85. The number of aromatic nitrogens is 1. The summed E-state index contributed by atoms with van der Waals surface area (Å²) >= 11 is 5.64. The maximum Gasteiger partial charge on any atom is 0.266 e. The summed E-state index contributed by atoms with van der Waals surface area (Å²) in [6, 6.07) is 1.86. The Morgan fingerprint density at radius 2 is 2.33 bits per heavy atom. The van der Waals surface area contributed by atoms with Crippen LogP contribution in [0.15, 0.2) is 17.1 Å². The average Bonchev–Trinajstić information content (AvgIpc) is 2.08. The topological polar surface area (TPSA) is 44.9 Å². The average molecular weight is 187 g/mol. The third kappa shape index (κ3) is 1.87. The molecule has 0 bridgehead atoms. The lowest BCUT2D eigenvalue weighted by molar-refractivity contribution is 0.649. The van der Waals surface area contributed by atoms with Gasteiger partial charge in [0.05, 0.1) is 0 Å². The first kappa shape index (κ1) is 9.29. The summed E-state index contributed by atoms with van der Waals surface area (Å²) in [5.41, 5.74) is 0.728. The van der Waals surface area contributed by atoms with Crippen molar-refractivity contribution >= 4 is 11.6 Å². The van der Waals surface area contributed by atoms with Crippen molar-refractivity contribution in [3.63, 3.8) is 0 Å². The van der Waals surface area contributed by atoms with E-state index in [9.17, 15) is 4.79 Å². The molecule has 66 valence electrons. The Balaban J connectivity index is 3.04. The lowest BCUT2D eigenvalue weighted by Gasteiger charge is -2.09. The molecule has 2 N–H and O–H groups in total. The molecule has 0 fully saturated rings. The zero-order valence-corrected chi connectivity index (χ0v) is 7.77. The monoisotopic (exact) mass is 186 g/mol. The lowest BCUT2D eigenvalue weighted by Crippen LogP contribution is -2.15. The van der Waals surface area contributed by atoms with E-state index in [0.29, 0.717) is 0 Å². The molecular formula is C8H11ClN2O. The molecule has 1 heterocycles. The van der Waals surface area contributed by atoms with Crippen LogP contribution < -0.4 is 10.9 Å². The van der Waals surface area contributed by atoms with Crippen molar-refractivity contribution in [3.05, 3.63) is 33.2 Å². The standard InChI is InChI=1S/C8H11ClN2O/c1-5(10-2)6-3-7(9)8(12)11-4-6/h3-5,10H,1-2H3,(H,11,12)/t5-/m1/s1. The third-order valence-corrected chi connectivity index (χ3v) is 2.09. The highest BCUT2D eigenvalue weighted by atomic mass is 35.5. The first-order valence-electron chi connectivity index (χ1n) is 3.70. The second kappa shape index (κ2) is 3.74. The Bertz CT molecular complexity index is 321. The highest BCUT2D eigenvalue weighted by molar-refractivity contribution is 6.30. The van der Waals surface area contributed by atoms with E-state index in [2.05, 4.69) is 10.3 Å². The minimum Gasteiger partial charge on any atom is -0.327 e. The maximum atomic E-state index is 10.9. The van der Waals surface area contributed by atoms with Gasteiger partial charge < -0.3 is 10.3 Å². The Kier molecular flexibility index (Phi) is 2.89. The number of hydrogen-bond donors (Lipinski definition) is 2. The molecule has 0 aromatic carbocycles. The van der Waals surface area contributed by atoms with Gasteiger partial charge in [0, 0.05) is 12.2 Å². The van der Waals surface area contributed by atoms with Crippen LogP contribution in [0.5, 0.6) is 0 Å². The van der Waals surface area contributed by atoms with Crippen LogP contribution in [0.4, 0.5) is 0 Å². The van der Waals surface area contributed by atoms with Crippen molar-refractivity contribution in [1.29, 1.82) is 0 Å². The van der Waals surface area contributed by atoms with Crippen LogP contribution in [0, 0.1) is 0 Å². The molecular weight excluding hydrogens is 176 g/mol. The minimum atomic E-state index is -0.247. The Hall–Kier alpha value is -0.800. The Morgan fingerprint density at radius 3 is 2.83 bits per heavy atom. The van der Waals surface area contributed by atoms with Gasteiger partial charge in [-0.1, -0.05) is 11.6 Å². The van der Waals surface area contributed by atoms with Crippen molar-refractivity contribution in [1.82, 2.24) is 10.3 Å². The smallest absolute Gasteiger partial charge is 0.266 e. The van der Waals surface area contributed by atoms with Crippen LogP contribution >= 0.6 is 11.6 Å². The van der Waals surface area contributed by atoms with Gasteiger partial charge in [-0.3, -0.25) is 4.79 Å². The Morgan fingerprint density at radius 1 is 1.67 bits per heavy atom. The first-order chi connectivity index (χ1) is 5.65. The summed E-state index contributed by atoms with van der Waals surface area (Å²) in [5.74, 6) is 0. The van der Waals surface area contributed by atoms with E-state index in [1.807, 2.05) is 14.0 Å².